The van der Waals surface area contributed by atoms with Gasteiger partial charge in [0, 0.05) is 44.6 Å². The van der Waals surface area contributed by atoms with Gasteiger partial charge in [-0.1, -0.05) is 20.8 Å². The van der Waals surface area contributed by atoms with Crippen molar-refractivity contribution in [2.75, 3.05) is 49.6 Å². The third kappa shape index (κ3) is 3.77. The monoisotopic (exact) mass is 333 g/mol. The predicted octanol–water partition coefficient (Wildman–Crippen LogP) is 1.25. The number of carbonyl (C=O) groups excluding carboxylic acids is 1. The van der Waals surface area contributed by atoms with Crippen LogP contribution in [0, 0.1) is 0 Å². The number of hydrogen-bond donors (Lipinski definition) is 1. The summed E-state index contributed by atoms with van der Waals surface area (Å²) in [5.74, 6) is 1.72. The Morgan fingerprint density at radius 2 is 1.92 bits per heavy atom. The Kier molecular flexibility index (Phi) is 4.62. The number of morpholine rings is 1. The van der Waals surface area contributed by atoms with Gasteiger partial charge in [0.25, 0.3) is 0 Å². The Hall–Kier alpha value is -1.89. The number of rotatable bonds is 3. The van der Waals surface area contributed by atoms with Crippen molar-refractivity contribution >= 4 is 17.7 Å². The average Bonchev–Trinajstić information content (AvgIpc) is 2.50. The maximum absolute atomic E-state index is 11.3. The fourth-order valence-corrected chi connectivity index (χ4v) is 2.83. The average molecular weight is 333 g/mol. The zero-order chi connectivity index (χ0) is 17.3. The van der Waals surface area contributed by atoms with E-state index in [1.54, 1.807) is 6.92 Å². The Morgan fingerprint density at radius 1 is 1.25 bits per heavy atom. The molecule has 132 valence electrons. The van der Waals surface area contributed by atoms with Gasteiger partial charge in [-0.3, -0.25) is 4.79 Å². The standard InChI is InChI=1S/C17H27N5O2/c1-12(23)22-10-13(11-22)18-15-9-14(17(2,3)4)19-16(20-15)21-5-7-24-8-6-21/h9,13H,5-8,10-11H2,1-4H3,(H,18,19,20). The van der Waals surface area contributed by atoms with E-state index >= 15 is 0 Å². The summed E-state index contributed by atoms with van der Waals surface area (Å²) in [6.07, 6.45) is 0. The second kappa shape index (κ2) is 6.55. The van der Waals surface area contributed by atoms with Crippen LogP contribution in [0.15, 0.2) is 6.07 Å². The minimum absolute atomic E-state index is 0.0502. The van der Waals surface area contributed by atoms with Gasteiger partial charge in [0.15, 0.2) is 0 Å². The van der Waals surface area contributed by atoms with Crippen LogP contribution >= 0.6 is 0 Å². The second-order valence-corrected chi connectivity index (χ2v) is 7.55. The van der Waals surface area contributed by atoms with Gasteiger partial charge < -0.3 is 19.9 Å². The molecule has 1 aromatic heterocycles. The van der Waals surface area contributed by atoms with Crippen LogP contribution in [0.1, 0.15) is 33.4 Å². The minimum atomic E-state index is -0.0502. The lowest BCUT2D eigenvalue weighted by Crippen LogP contribution is -2.56. The summed E-state index contributed by atoms with van der Waals surface area (Å²) in [6, 6.07) is 2.29. The first-order valence-corrected chi connectivity index (χ1v) is 8.57. The Balaban J connectivity index is 1.78. The predicted molar refractivity (Wildman–Crippen MR) is 93.4 cm³/mol. The minimum Gasteiger partial charge on any atom is -0.378 e. The summed E-state index contributed by atoms with van der Waals surface area (Å²) in [4.78, 5) is 24.8. The number of amides is 1. The van der Waals surface area contributed by atoms with Gasteiger partial charge in [-0.15, -0.1) is 0 Å². The molecular weight excluding hydrogens is 306 g/mol. The maximum Gasteiger partial charge on any atom is 0.227 e. The van der Waals surface area contributed by atoms with Crippen LogP contribution in [0.4, 0.5) is 11.8 Å². The third-order valence-electron chi connectivity index (χ3n) is 4.46. The van der Waals surface area contributed by atoms with Gasteiger partial charge in [-0.25, -0.2) is 4.98 Å². The van der Waals surface area contributed by atoms with Crippen molar-refractivity contribution in [2.24, 2.45) is 0 Å². The van der Waals surface area contributed by atoms with E-state index < -0.39 is 0 Å². The molecular formula is C17H27N5O2. The first-order valence-electron chi connectivity index (χ1n) is 8.57. The number of hydrogen-bond acceptors (Lipinski definition) is 6. The summed E-state index contributed by atoms with van der Waals surface area (Å²) >= 11 is 0. The van der Waals surface area contributed by atoms with Crippen molar-refractivity contribution in [1.82, 2.24) is 14.9 Å². The van der Waals surface area contributed by atoms with Gasteiger partial charge >= 0.3 is 0 Å². The largest absolute Gasteiger partial charge is 0.378 e. The van der Waals surface area contributed by atoms with E-state index in [-0.39, 0.29) is 17.4 Å². The normalized spacial score (nSPS) is 19.2. The van der Waals surface area contributed by atoms with Crippen LogP contribution in [0.5, 0.6) is 0 Å². The molecule has 0 bridgehead atoms. The molecule has 7 nitrogen and oxygen atoms in total. The number of nitrogens with one attached hydrogen (secondary N) is 1. The molecule has 1 aromatic rings. The number of aromatic nitrogens is 2. The fourth-order valence-electron chi connectivity index (χ4n) is 2.83. The lowest BCUT2D eigenvalue weighted by atomic mass is 9.92. The molecule has 0 aliphatic carbocycles. The maximum atomic E-state index is 11.3. The molecule has 3 heterocycles. The summed E-state index contributed by atoms with van der Waals surface area (Å²) in [5.41, 5.74) is 0.968. The highest BCUT2D eigenvalue weighted by atomic mass is 16.5. The van der Waals surface area contributed by atoms with E-state index in [1.165, 1.54) is 0 Å². The van der Waals surface area contributed by atoms with E-state index in [9.17, 15) is 4.79 Å². The van der Waals surface area contributed by atoms with Crippen LogP contribution in [0.25, 0.3) is 0 Å². The first kappa shape index (κ1) is 17.0. The zero-order valence-corrected chi connectivity index (χ0v) is 15.0. The molecule has 0 aromatic carbocycles. The van der Waals surface area contributed by atoms with Crippen molar-refractivity contribution in [3.63, 3.8) is 0 Å². The first-order chi connectivity index (χ1) is 11.3. The molecule has 0 spiro atoms. The molecule has 2 aliphatic heterocycles. The molecule has 0 atom stereocenters. The Labute approximate surface area is 143 Å². The Morgan fingerprint density at radius 3 is 2.50 bits per heavy atom. The molecule has 2 fully saturated rings. The van der Waals surface area contributed by atoms with Crippen LogP contribution in [-0.2, 0) is 14.9 Å². The van der Waals surface area contributed by atoms with Gasteiger partial charge in [-0.2, -0.15) is 4.98 Å². The summed E-state index contributed by atoms with van der Waals surface area (Å²) in [7, 11) is 0. The number of carbonyl (C=O) groups is 1. The van der Waals surface area contributed by atoms with Crippen LogP contribution in [0.3, 0.4) is 0 Å². The highest BCUT2D eigenvalue weighted by Crippen LogP contribution is 2.26. The quantitative estimate of drug-likeness (QED) is 0.898. The van der Waals surface area contributed by atoms with Crippen LogP contribution in [0.2, 0.25) is 0 Å². The van der Waals surface area contributed by atoms with E-state index in [4.69, 9.17) is 14.7 Å². The molecule has 0 saturated carbocycles. The van der Waals surface area contributed by atoms with E-state index in [1.807, 2.05) is 11.0 Å². The van der Waals surface area contributed by atoms with Gasteiger partial charge in [0.1, 0.15) is 5.82 Å². The smallest absolute Gasteiger partial charge is 0.227 e. The SMILES string of the molecule is CC(=O)N1CC(Nc2cc(C(C)(C)C)nc(N3CCOCC3)n2)C1. The van der Waals surface area contributed by atoms with Crippen molar-refractivity contribution in [2.45, 2.75) is 39.2 Å². The second-order valence-electron chi connectivity index (χ2n) is 7.55. The number of ether oxygens (including phenoxy) is 1. The van der Waals surface area contributed by atoms with Gasteiger partial charge in [0.05, 0.1) is 24.9 Å². The van der Waals surface area contributed by atoms with Crippen molar-refractivity contribution in [1.29, 1.82) is 0 Å². The van der Waals surface area contributed by atoms with Crippen molar-refractivity contribution in [3.05, 3.63) is 11.8 Å². The highest BCUT2D eigenvalue weighted by Gasteiger charge is 2.29. The molecule has 3 rings (SSSR count). The van der Waals surface area contributed by atoms with Crippen molar-refractivity contribution in [3.8, 4) is 0 Å². The Bertz CT molecular complexity index is 601. The molecule has 1 N–H and O–H groups in total. The molecule has 24 heavy (non-hydrogen) atoms. The van der Waals surface area contributed by atoms with Gasteiger partial charge in [0.2, 0.25) is 11.9 Å². The summed E-state index contributed by atoms with van der Waals surface area (Å²) < 4.78 is 5.42. The molecule has 2 aliphatic rings. The molecule has 2 saturated heterocycles. The highest BCUT2D eigenvalue weighted by molar-refractivity contribution is 5.74. The molecule has 0 radical (unpaired) electrons. The lowest BCUT2D eigenvalue weighted by molar-refractivity contribution is -0.132. The number of anilines is 2. The van der Waals surface area contributed by atoms with E-state index in [0.717, 1.165) is 43.6 Å². The lowest BCUT2D eigenvalue weighted by Gasteiger charge is -2.39. The van der Waals surface area contributed by atoms with E-state index in [2.05, 4.69) is 31.0 Å². The number of likely N-dealkylation sites (tertiary alicyclic amines) is 1. The zero-order valence-electron chi connectivity index (χ0n) is 15.0. The van der Waals surface area contributed by atoms with Crippen LogP contribution < -0.4 is 10.2 Å². The molecule has 1 amide bonds. The summed E-state index contributed by atoms with van der Waals surface area (Å²) in [5, 5.41) is 3.45. The fraction of sp³-hybridized carbons (Fsp3) is 0.706. The number of nitrogens with zero attached hydrogens (tertiary/aromatic N) is 4. The van der Waals surface area contributed by atoms with Crippen LogP contribution in [-0.4, -0.2) is 66.2 Å². The molecule has 7 heteroatoms. The summed E-state index contributed by atoms with van der Waals surface area (Å²) in [6.45, 7) is 12.6. The van der Waals surface area contributed by atoms with Crippen molar-refractivity contribution < 1.29 is 9.53 Å². The molecule has 0 unspecified atom stereocenters. The van der Waals surface area contributed by atoms with E-state index in [0.29, 0.717) is 13.2 Å². The van der Waals surface area contributed by atoms with Gasteiger partial charge in [-0.05, 0) is 0 Å². The third-order valence-corrected chi connectivity index (χ3v) is 4.46. The topological polar surface area (TPSA) is 70.6 Å².